The fourth-order valence-corrected chi connectivity index (χ4v) is 7.26. The van der Waals surface area contributed by atoms with Crippen molar-refractivity contribution in [3.05, 3.63) is 65.2 Å². The van der Waals surface area contributed by atoms with Gasteiger partial charge in [-0.1, -0.05) is 48.9 Å². The molecule has 1 unspecified atom stereocenters. The number of ether oxygens (including phenoxy) is 2. The number of fused-ring (bicyclic) bond motifs is 3. The van der Waals surface area contributed by atoms with Crippen molar-refractivity contribution in [1.29, 1.82) is 5.41 Å². The molecule has 15 nitrogen and oxygen atoms in total. The molecule has 3 aliphatic rings. The first-order valence-corrected chi connectivity index (χ1v) is 16.4. The number of imide groups is 1. The molecule has 259 valence electrons. The Morgan fingerprint density at radius 3 is 2.51 bits per heavy atom. The van der Waals surface area contributed by atoms with E-state index in [2.05, 4.69) is 16.0 Å². The number of ketones is 1. The third kappa shape index (κ3) is 6.89. The highest BCUT2D eigenvalue weighted by molar-refractivity contribution is 6.38. The summed E-state index contributed by atoms with van der Waals surface area (Å²) in [5.74, 6) is -3.93. The monoisotopic (exact) mass is 675 g/mol. The molecule has 0 spiro atoms. The molecule has 0 aliphatic carbocycles. The van der Waals surface area contributed by atoms with Gasteiger partial charge in [-0.2, -0.15) is 4.79 Å². The number of carbonyl (C=O) groups is 5. The number of nitrogens with zero attached hydrogens (tertiary/aromatic N) is 2. The van der Waals surface area contributed by atoms with Crippen LogP contribution in [-0.4, -0.2) is 89.3 Å². The molecule has 0 saturated carbocycles. The van der Waals surface area contributed by atoms with Crippen molar-refractivity contribution in [3.63, 3.8) is 0 Å². The molecule has 3 heterocycles. The Kier molecular flexibility index (Phi) is 11.0. The molecular formula is C34H41N7O8+. The molecule has 2 fully saturated rings. The average Bonchev–Trinajstić information content (AvgIpc) is 3.53. The van der Waals surface area contributed by atoms with Crippen molar-refractivity contribution in [2.75, 3.05) is 31.5 Å². The van der Waals surface area contributed by atoms with Crippen molar-refractivity contribution < 1.29 is 42.7 Å². The maximum atomic E-state index is 15.0. The van der Waals surface area contributed by atoms with E-state index in [1.54, 1.807) is 35.2 Å². The average molecular weight is 676 g/mol. The van der Waals surface area contributed by atoms with Crippen LogP contribution in [0.2, 0.25) is 0 Å². The summed E-state index contributed by atoms with van der Waals surface area (Å²) in [6.45, 7) is 1.41. The Morgan fingerprint density at radius 2 is 1.80 bits per heavy atom. The van der Waals surface area contributed by atoms with Crippen LogP contribution in [0, 0.1) is 5.41 Å². The number of anilines is 1. The first-order valence-electron chi connectivity index (χ1n) is 16.4. The maximum absolute atomic E-state index is 15.0. The predicted molar refractivity (Wildman–Crippen MR) is 175 cm³/mol. The first-order chi connectivity index (χ1) is 23.7. The highest BCUT2D eigenvalue weighted by Crippen LogP contribution is 2.44. The second kappa shape index (κ2) is 15.4. The number of rotatable bonds is 10. The maximum Gasteiger partial charge on any atom is 0.526 e. The SMILES string of the molecule is N=C(N)NCCC[C@@H]1NC(=O)[C@]2(N3CCCCC3)CCC[N+]2(C(=O)OCc2ccccc2)C(=O)C(=O)Nc2cccc(c2CO[C]=O)C1=O. The van der Waals surface area contributed by atoms with Gasteiger partial charge in [0.15, 0.2) is 11.7 Å². The van der Waals surface area contributed by atoms with Gasteiger partial charge in [0.1, 0.15) is 13.2 Å². The Hall–Kier alpha value is -5.15. The number of guanidine groups is 1. The molecule has 2 saturated heterocycles. The summed E-state index contributed by atoms with van der Waals surface area (Å²) in [4.78, 5) is 85.5. The molecule has 6 N–H and O–H groups in total. The number of benzene rings is 2. The van der Waals surface area contributed by atoms with Gasteiger partial charge in [-0.3, -0.25) is 19.8 Å². The van der Waals surface area contributed by atoms with Crippen LogP contribution in [0.15, 0.2) is 48.5 Å². The summed E-state index contributed by atoms with van der Waals surface area (Å²) in [6, 6.07) is 12.1. The highest BCUT2D eigenvalue weighted by Gasteiger charge is 2.73. The number of hydrogen-bond acceptors (Lipinski definition) is 10. The smallest absolute Gasteiger partial charge is 0.452 e. The number of quaternary nitrogens is 1. The largest absolute Gasteiger partial charge is 0.526 e. The quantitative estimate of drug-likeness (QED) is 0.0806. The zero-order valence-electron chi connectivity index (χ0n) is 27.1. The van der Waals surface area contributed by atoms with Crippen LogP contribution in [-0.2, 0) is 41.9 Å². The third-order valence-corrected chi connectivity index (χ3v) is 9.52. The van der Waals surface area contributed by atoms with Crippen molar-refractivity contribution >= 4 is 47.7 Å². The van der Waals surface area contributed by atoms with Crippen molar-refractivity contribution in [2.45, 2.75) is 69.9 Å². The molecule has 2 aromatic rings. The summed E-state index contributed by atoms with van der Waals surface area (Å²) < 4.78 is 9.43. The van der Waals surface area contributed by atoms with Crippen LogP contribution in [0.4, 0.5) is 10.5 Å². The van der Waals surface area contributed by atoms with Crippen LogP contribution in [0.25, 0.3) is 0 Å². The van der Waals surface area contributed by atoms with E-state index in [-0.39, 0.29) is 61.7 Å². The molecule has 0 aromatic heterocycles. The van der Waals surface area contributed by atoms with Gasteiger partial charge in [-0.25, -0.2) is 14.5 Å². The van der Waals surface area contributed by atoms with Crippen LogP contribution in [0.1, 0.15) is 66.4 Å². The molecule has 4 amide bonds. The molecule has 15 heteroatoms. The molecule has 3 atom stereocenters. The van der Waals surface area contributed by atoms with E-state index in [0.29, 0.717) is 37.9 Å². The number of nitrogens with two attached hydrogens (primary N) is 1. The highest BCUT2D eigenvalue weighted by atomic mass is 16.6. The molecule has 49 heavy (non-hydrogen) atoms. The van der Waals surface area contributed by atoms with Gasteiger partial charge in [-0.15, -0.1) is 4.48 Å². The van der Waals surface area contributed by atoms with Gasteiger partial charge < -0.3 is 31.2 Å². The zero-order chi connectivity index (χ0) is 35.0. The van der Waals surface area contributed by atoms with Crippen LogP contribution >= 0.6 is 0 Å². The lowest BCUT2D eigenvalue weighted by molar-refractivity contribution is -0.826. The summed E-state index contributed by atoms with van der Waals surface area (Å²) in [5, 5.41) is 15.6. The lowest BCUT2D eigenvalue weighted by atomic mass is 9.92. The predicted octanol–water partition coefficient (Wildman–Crippen LogP) is 1.81. The van der Waals surface area contributed by atoms with E-state index in [4.69, 9.17) is 20.6 Å². The Morgan fingerprint density at radius 1 is 1.04 bits per heavy atom. The number of Topliss-reactive ketones (excluding diaryl/α,β-unsaturated/α-hetero) is 1. The fraction of sp³-hybridized carbons (Fsp3) is 0.441. The summed E-state index contributed by atoms with van der Waals surface area (Å²) in [6.07, 6.45) is 1.87. The van der Waals surface area contributed by atoms with E-state index >= 15 is 0 Å². The van der Waals surface area contributed by atoms with Gasteiger partial charge in [0.05, 0.1) is 12.6 Å². The second-order valence-electron chi connectivity index (χ2n) is 12.4. The van der Waals surface area contributed by atoms with Crippen molar-refractivity contribution in [2.24, 2.45) is 5.73 Å². The topological polar surface area (TPSA) is 210 Å². The van der Waals surface area contributed by atoms with Crippen LogP contribution < -0.4 is 21.7 Å². The number of carbonyl (C=O) groups excluding carboxylic acids is 6. The van der Waals surface area contributed by atoms with Gasteiger partial charge >= 0.3 is 24.4 Å². The molecule has 3 aliphatic heterocycles. The van der Waals surface area contributed by atoms with E-state index in [1.165, 1.54) is 24.7 Å². The third-order valence-electron chi connectivity index (χ3n) is 9.52. The number of nitrogens with one attached hydrogen (secondary N) is 4. The number of piperidine rings is 1. The van der Waals surface area contributed by atoms with Crippen LogP contribution in [0.5, 0.6) is 0 Å². The molecular weight excluding hydrogens is 634 g/mol. The second-order valence-corrected chi connectivity index (χ2v) is 12.4. The van der Waals surface area contributed by atoms with E-state index in [0.717, 1.165) is 6.42 Å². The number of hydrogen-bond donors (Lipinski definition) is 5. The first kappa shape index (κ1) is 35.2. The van der Waals surface area contributed by atoms with Gasteiger partial charge in [0.2, 0.25) is 0 Å². The normalized spacial score (nSPS) is 24.4. The summed E-state index contributed by atoms with van der Waals surface area (Å²) in [5.41, 5.74) is 4.34. The number of likely N-dealkylation sites (tertiary alicyclic amines) is 1. The number of amides is 4. The van der Waals surface area contributed by atoms with E-state index in [1.807, 2.05) is 0 Å². The standard InChI is InChI=1S/C34H40N7O8/c35-32(36)37-16-8-14-27-28(43)24-12-7-13-26(25(24)21-48-22-42)38-29(44)30(45)41(33(47)49-20-23-10-3-1-4-11-23)19-9-15-34(41,31(46)39-27)40-17-5-2-6-18-40/h1,3-4,7,10-13,27H,2,5-6,8-9,14-21H2,(H5-,35,36,37,38,39,44,46)/p+1/t27-,34-,41?/m0/s1. The summed E-state index contributed by atoms with van der Waals surface area (Å²) in [7, 11) is 0. The van der Waals surface area contributed by atoms with Crippen molar-refractivity contribution in [3.8, 4) is 0 Å². The molecule has 2 bridgehead atoms. The molecule has 2 aromatic carbocycles. The van der Waals surface area contributed by atoms with Gasteiger partial charge in [0, 0.05) is 49.3 Å². The Bertz CT molecular complexity index is 1610. The minimum atomic E-state index is -1.90. The van der Waals surface area contributed by atoms with Gasteiger partial charge in [-0.05, 0) is 37.3 Å². The molecule has 5 rings (SSSR count). The molecule has 1 radical (unpaired) electrons. The van der Waals surface area contributed by atoms with Crippen molar-refractivity contribution in [1.82, 2.24) is 15.5 Å². The summed E-state index contributed by atoms with van der Waals surface area (Å²) >= 11 is 0. The fourth-order valence-electron chi connectivity index (χ4n) is 7.26. The Labute approximate surface area is 283 Å². The lowest BCUT2D eigenvalue weighted by Gasteiger charge is -2.48. The van der Waals surface area contributed by atoms with E-state index in [9.17, 15) is 28.8 Å². The van der Waals surface area contributed by atoms with E-state index < -0.39 is 52.4 Å². The minimum absolute atomic E-state index is 0.0157. The Balaban J connectivity index is 1.67. The van der Waals surface area contributed by atoms with Crippen LogP contribution in [0.3, 0.4) is 0 Å². The zero-order valence-corrected chi connectivity index (χ0v) is 27.1. The lowest BCUT2D eigenvalue weighted by Crippen LogP contribution is -2.80. The van der Waals surface area contributed by atoms with Gasteiger partial charge in [0.25, 0.3) is 11.6 Å². The minimum Gasteiger partial charge on any atom is -0.452 e.